The summed E-state index contributed by atoms with van der Waals surface area (Å²) in [6, 6.07) is 11.1. The van der Waals surface area contributed by atoms with Gasteiger partial charge in [-0.3, -0.25) is 9.10 Å². The molecule has 0 aromatic heterocycles. The van der Waals surface area contributed by atoms with Crippen LogP contribution in [-0.2, 0) is 14.8 Å². The van der Waals surface area contributed by atoms with E-state index in [4.69, 9.17) is 23.2 Å². The molecule has 0 saturated carbocycles. The number of anilines is 1. The van der Waals surface area contributed by atoms with Gasteiger partial charge < -0.3 is 5.32 Å². The van der Waals surface area contributed by atoms with Crippen molar-refractivity contribution in [2.45, 2.75) is 44.6 Å². The van der Waals surface area contributed by atoms with Crippen molar-refractivity contribution in [1.29, 1.82) is 0 Å². The van der Waals surface area contributed by atoms with E-state index in [-0.39, 0.29) is 26.7 Å². The minimum absolute atomic E-state index is 0.0590. The number of carbonyl (C=O) groups is 1. The zero-order chi connectivity index (χ0) is 20.9. The summed E-state index contributed by atoms with van der Waals surface area (Å²) in [7, 11) is -4.02. The molecule has 0 unspecified atom stereocenters. The van der Waals surface area contributed by atoms with Crippen molar-refractivity contribution in [1.82, 2.24) is 5.32 Å². The van der Waals surface area contributed by atoms with E-state index in [2.05, 4.69) is 5.32 Å². The Hall–Kier alpha value is -1.76. The van der Waals surface area contributed by atoms with Gasteiger partial charge in [0.25, 0.3) is 10.0 Å². The van der Waals surface area contributed by atoms with Crippen LogP contribution in [-0.4, -0.2) is 26.9 Å². The van der Waals surface area contributed by atoms with E-state index in [1.807, 2.05) is 20.8 Å². The third-order valence-corrected chi connectivity index (χ3v) is 6.81. The molecule has 8 heteroatoms. The molecular weight excluding hydrogens is 419 g/mol. The van der Waals surface area contributed by atoms with Crippen LogP contribution in [0.5, 0.6) is 0 Å². The number of hydrogen-bond donors (Lipinski definition) is 1. The fourth-order valence-electron chi connectivity index (χ4n) is 2.78. The number of rotatable bonds is 8. The first kappa shape index (κ1) is 22.5. The Labute approximate surface area is 176 Å². The molecule has 1 amide bonds. The number of benzene rings is 2. The molecule has 0 heterocycles. The minimum Gasteiger partial charge on any atom is -0.352 e. The van der Waals surface area contributed by atoms with E-state index >= 15 is 0 Å². The van der Waals surface area contributed by atoms with Gasteiger partial charge in [0.15, 0.2) is 0 Å². The van der Waals surface area contributed by atoms with Gasteiger partial charge in [-0.05, 0) is 44.5 Å². The van der Waals surface area contributed by atoms with Gasteiger partial charge in [-0.25, -0.2) is 8.42 Å². The zero-order valence-electron chi connectivity index (χ0n) is 16.1. The maximum Gasteiger partial charge on any atom is 0.264 e. The largest absolute Gasteiger partial charge is 0.352 e. The molecular formula is C20H24Cl2N2O3S. The van der Waals surface area contributed by atoms with Crippen LogP contribution in [0.4, 0.5) is 5.69 Å². The lowest BCUT2D eigenvalue weighted by molar-refractivity contribution is -0.120. The number of hydrogen-bond acceptors (Lipinski definition) is 3. The van der Waals surface area contributed by atoms with Crippen LogP contribution in [0, 0.1) is 6.92 Å². The maximum atomic E-state index is 13.3. The summed E-state index contributed by atoms with van der Waals surface area (Å²) in [5.41, 5.74) is 1.09. The monoisotopic (exact) mass is 442 g/mol. The Morgan fingerprint density at radius 3 is 2.39 bits per heavy atom. The van der Waals surface area contributed by atoms with E-state index < -0.39 is 22.5 Å². The van der Waals surface area contributed by atoms with Crippen LogP contribution in [0.25, 0.3) is 0 Å². The molecule has 0 fully saturated rings. The average Bonchev–Trinajstić information content (AvgIpc) is 2.63. The molecule has 152 valence electrons. The molecule has 0 radical (unpaired) electrons. The molecule has 0 aliphatic carbocycles. The van der Waals surface area contributed by atoms with Gasteiger partial charge in [0, 0.05) is 6.04 Å². The van der Waals surface area contributed by atoms with Crippen molar-refractivity contribution in [3.63, 3.8) is 0 Å². The first-order valence-corrected chi connectivity index (χ1v) is 11.2. The number of halogens is 2. The summed E-state index contributed by atoms with van der Waals surface area (Å²) in [6.45, 7) is 5.37. The van der Waals surface area contributed by atoms with Crippen molar-refractivity contribution >= 4 is 44.8 Å². The molecule has 28 heavy (non-hydrogen) atoms. The van der Waals surface area contributed by atoms with Crippen LogP contribution in [0.2, 0.25) is 10.0 Å². The lowest BCUT2D eigenvalue weighted by Gasteiger charge is -2.26. The van der Waals surface area contributed by atoms with E-state index in [9.17, 15) is 13.2 Å². The van der Waals surface area contributed by atoms with Crippen molar-refractivity contribution in [2.24, 2.45) is 0 Å². The highest BCUT2D eigenvalue weighted by molar-refractivity contribution is 7.92. The molecule has 0 saturated heterocycles. The second-order valence-corrected chi connectivity index (χ2v) is 9.30. The molecule has 0 aliphatic heterocycles. The summed E-state index contributed by atoms with van der Waals surface area (Å²) in [4.78, 5) is 12.6. The van der Waals surface area contributed by atoms with Crippen molar-refractivity contribution < 1.29 is 13.2 Å². The zero-order valence-corrected chi connectivity index (χ0v) is 18.4. The molecule has 2 aromatic carbocycles. The Balaban J connectivity index is 2.45. The lowest BCUT2D eigenvalue weighted by Crippen LogP contribution is -2.43. The van der Waals surface area contributed by atoms with Gasteiger partial charge >= 0.3 is 0 Å². The molecule has 2 rings (SSSR count). The van der Waals surface area contributed by atoms with Crippen molar-refractivity contribution in [2.75, 3.05) is 10.8 Å². The van der Waals surface area contributed by atoms with Gasteiger partial charge in [0.05, 0.1) is 20.6 Å². The predicted octanol–water partition coefficient (Wildman–Crippen LogP) is 4.80. The first-order valence-electron chi connectivity index (χ1n) is 8.99. The van der Waals surface area contributed by atoms with Crippen LogP contribution in [0.15, 0.2) is 47.4 Å². The molecule has 0 aliphatic rings. The summed E-state index contributed by atoms with van der Waals surface area (Å²) in [5, 5.41) is 3.12. The number of carbonyl (C=O) groups excluding carboxylic acids is 1. The second-order valence-electron chi connectivity index (χ2n) is 6.65. The van der Waals surface area contributed by atoms with Crippen LogP contribution < -0.4 is 9.62 Å². The Kier molecular flexibility index (Phi) is 7.75. The molecule has 2 aromatic rings. The highest BCUT2D eigenvalue weighted by atomic mass is 35.5. The van der Waals surface area contributed by atoms with Gasteiger partial charge in [0.1, 0.15) is 6.54 Å². The van der Waals surface area contributed by atoms with Crippen LogP contribution in [0.3, 0.4) is 0 Å². The van der Waals surface area contributed by atoms with E-state index in [1.54, 1.807) is 24.3 Å². The normalized spacial score (nSPS) is 12.5. The average molecular weight is 443 g/mol. The fourth-order valence-corrected chi connectivity index (χ4v) is 4.66. The molecule has 0 bridgehead atoms. The molecule has 1 N–H and O–H groups in total. The van der Waals surface area contributed by atoms with E-state index in [0.717, 1.165) is 22.7 Å². The highest BCUT2D eigenvalue weighted by Crippen LogP contribution is 2.35. The summed E-state index contributed by atoms with van der Waals surface area (Å²) < 4.78 is 27.6. The number of sulfonamides is 1. The lowest BCUT2D eigenvalue weighted by atomic mass is 10.2. The summed E-state index contributed by atoms with van der Waals surface area (Å²) in [6.07, 6.45) is 1.71. The van der Waals surface area contributed by atoms with Gasteiger partial charge in [-0.1, -0.05) is 60.3 Å². The summed E-state index contributed by atoms with van der Waals surface area (Å²) in [5.74, 6) is -0.410. The Morgan fingerprint density at radius 1 is 1.14 bits per heavy atom. The highest BCUT2D eigenvalue weighted by Gasteiger charge is 2.29. The van der Waals surface area contributed by atoms with Gasteiger partial charge in [-0.15, -0.1) is 0 Å². The SMILES string of the molecule is CCC[C@H](C)NC(=O)CN(c1cccc(Cl)c1Cl)S(=O)(=O)c1ccc(C)cc1. The minimum atomic E-state index is -4.02. The maximum absolute atomic E-state index is 13.3. The number of nitrogens with zero attached hydrogens (tertiary/aromatic N) is 1. The molecule has 1 atom stereocenters. The third kappa shape index (κ3) is 5.40. The van der Waals surface area contributed by atoms with E-state index in [1.165, 1.54) is 18.2 Å². The third-order valence-electron chi connectivity index (χ3n) is 4.23. The summed E-state index contributed by atoms with van der Waals surface area (Å²) >= 11 is 12.4. The Morgan fingerprint density at radius 2 is 1.79 bits per heavy atom. The van der Waals surface area contributed by atoms with Crippen molar-refractivity contribution in [3.8, 4) is 0 Å². The van der Waals surface area contributed by atoms with Crippen molar-refractivity contribution in [3.05, 3.63) is 58.1 Å². The number of nitrogens with one attached hydrogen (secondary N) is 1. The van der Waals surface area contributed by atoms with Crippen LogP contribution in [0.1, 0.15) is 32.3 Å². The smallest absolute Gasteiger partial charge is 0.264 e. The number of amides is 1. The molecule has 0 spiro atoms. The van der Waals surface area contributed by atoms with Crippen LogP contribution >= 0.6 is 23.2 Å². The Bertz CT molecular complexity index is 931. The first-order chi connectivity index (χ1) is 13.2. The van der Waals surface area contributed by atoms with E-state index in [0.29, 0.717) is 0 Å². The second kappa shape index (κ2) is 9.63. The van der Waals surface area contributed by atoms with Gasteiger partial charge in [0.2, 0.25) is 5.91 Å². The van der Waals surface area contributed by atoms with Gasteiger partial charge in [-0.2, -0.15) is 0 Å². The number of aryl methyl sites for hydroxylation is 1. The molecule has 5 nitrogen and oxygen atoms in total. The predicted molar refractivity (Wildman–Crippen MR) is 115 cm³/mol. The quantitative estimate of drug-likeness (QED) is 0.637. The topological polar surface area (TPSA) is 66.5 Å². The standard InChI is InChI=1S/C20H24Cl2N2O3S/c1-4-6-15(3)23-19(25)13-24(18-8-5-7-17(21)20(18)22)28(26,27)16-11-9-14(2)10-12-16/h5,7-12,15H,4,6,13H2,1-3H3,(H,23,25)/t15-/m0/s1. The fraction of sp³-hybridized carbons (Fsp3) is 0.350.